The molecule has 0 N–H and O–H groups in total. The predicted molar refractivity (Wildman–Crippen MR) is 54.7 cm³/mol. The molecule has 0 aromatic rings. The molecule has 0 amide bonds. The Morgan fingerprint density at radius 1 is 1.09 bits per heavy atom. The van der Waals surface area contributed by atoms with Crippen molar-refractivity contribution in [3.05, 3.63) is 0 Å². The van der Waals surface area contributed by atoms with Gasteiger partial charge in [-0.2, -0.15) is 0 Å². The van der Waals surface area contributed by atoms with Crippen molar-refractivity contribution in [2.45, 2.75) is 38.1 Å². The first-order chi connectivity index (χ1) is 5.02. The fourth-order valence-corrected chi connectivity index (χ4v) is 6.06. The van der Waals surface area contributed by atoms with Gasteiger partial charge < -0.3 is 0 Å². The maximum Gasteiger partial charge on any atom is 0.344 e. The van der Waals surface area contributed by atoms with Crippen LogP contribution in [0.15, 0.2) is 0 Å². The fraction of sp³-hybridized carbons (Fsp3) is 1.00. The van der Waals surface area contributed by atoms with Crippen LogP contribution in [-0.2, 0) is 0 Å². The Balaban J connectivity index is 2.55. The highest BCUT2D eigenvalue weighted by atomic mass is 35.8. The molecule has 0 heterocycles. The molecule has 1 saturated carbocycles. The van der Waals surface area contributed by atoms with Crippen molar-refractivity contribution in [3.8, 4) is 0 Å². The SMILES string of the molecule is CC1CCCCC1[Si](Cl)(Cl)Cl. The van der Waals surface area contributed by atoms with Crippen molar-refractivity contribution in [2.24, 2.45) is 5.92 Å². The molecule has 0 aromatic carbocycles. The lowest BCUT2D eigenvalue weighted by molar-refractivity contribution is 0.382. The Labute approximate surface area is 83.3 Å². The second-order valence-electron chi connectivity index (χ2n) is 3.41. The van der Waals surface area contributed by atoms with Gasteiger partial charge in [-0.25, -0.2) is 0 Å². The van der Waals surface area contributed by atoms with E-state index < -0.39 is 6.00 Å². The van der Waals surface area contributed by atoms with E-state index in [-0.39, 0.29) is 0 Å². The van der Waals surface area contributed by atoms with Crippen LogP contribution in [0.4, 0.5) is 0 Å². The van der Waals surface area contributed by atoms with E-state index in [4.69, 9.17) is 33.2 Å². The molecule has 1 fully saturated rings. The van der Waals surface area contributed by atoms with Gasteiger partial charge in [0.2, 0.25) is 0 Å². The van der Waals surface area contributed by atoms with Crippen LogP contribution < -0.4 is 0 Å². The summed E-state index contributed by atoms with van der Waals surface area (Å²) in [5.41, 5.74) is 0.404. The molecule has 0 radical (unpaired) electrons. The second-order valence-corrected chi connectivity index (χ2v) is 12.3. The number of halogens is 3. The van der Waals surface area contributed by atoms with Crippen LogP contribution in [-0.4, -0.2) is 6.00 Å². The summed E-state index contributed by atoms with van der Waals surface area (Å²) >= 11 is 17.9. The van der Waals surface area contributed by atoms with Gasteiger partial charge in [-0.3, -0.25) is 0 Å². The molecule has 0 aromatic heterocycles. The van der Waals surface area contributed by atoms with Crippen LogP contribution in [0.5, 0.6) is 0 Å². The third-order valence-electron chi connectivity index (χ3n) is 2.53. The Morgan fingerprint density at radius 2 is 1.64 bits per heavy atom. The monoisotopic (exact) mass is 230 g/mol. The minimum absolute atomic E-state index is 0.404. The lowest BCUT2D eigenvalue weighted by Crippen LogP contribution is -2.28. The van der Waals surface area contributed by atoms with Crippen molar-refractivity contribution in [1.82, 2.24) is 0 Å². The first-order valence-corrected chi connectivity index (χ1v) is 9.20. The summed E-state index contributed by atoms with van der Waals surface area (Å²) in [4.78, 5) is 0. The maximum atomic E-state index is 5.98. The molecule has 0 spiro atoms. The molecule has 2 unspecified atom stereocenters. The molecule has 0 nitrogen and oxygen atoms in total. The quantitative estimate of drug-likeness (QED) is 0.468. The molecule has 1 aliphatic rings. The topological polar surface area (TPSA) is 0 Å². The van der Waals surface area contributed by atoms with Gasteiger partial charge in [-0.1, -0.05) is 26.2 Å². The van der Waals surface area contributed by atoms with E-state index in [1.807, 2.05) is 0 Å². The first-order valence-electron chi connectivity index (χ1n) is 4.08. The highest BCUT2D eigenvalue weighted by Gasteiger charge is 2.40. The summed E-state index contributed by atoms with van der Waals surface area (Å²) < 4.78 is 0. The van der Waals surface area contributed by atoms with Gasteiger partial charge in [-0.05, 0) is 17.9 Å². The molecule has 1 aliphatic carbocycles. The summed E-state index contributed by atoms with van der Waals surface area (Å²) in [5.74, 6) is 0.628. The summed E-state index contributed by atoms with van der Waals surface area (Å²) in [5, 5.41) is 0. The Hall–Kier alpha value is 1.09. The number of rotatable bonds is 1. The van der Waals surface area contributed by atoms with Gasteiger partial charge in [0.25, 0.3) is 0 Å². The van der Waals surface area contributed by atoms with Crippen LogP contribution in [0.3, 0.4) is 0 Å². The largest absolute Gasteiger partial charge is 0.344 e. The Bertz CT molecular complexity index is 132. The van der Waals surface area contributed by atoms with Crippen molar-refractivity contribution in [1.29, 1.82) is 0 Å². The molecule has 0 bridgehead atoms. The van der Waals surface area contributed by atoms with Crippen LogP contribution in [0.2, 0.25) is 5.54 Å². The summed E-state index contributed by atoms with van der Waals surface area (Å²) in [6.07, 6.45) is 4.93. The molecule has 0 saturated heterocycles. The van der Waals surface area contributed by atoms with Gasteiger partial charge in [-0.15, -0.1) is 33.2 Å². The molecule has 4 heteroatoms. The third kappa shape index (κ3) is 2.80. The van der Waals surface area contributed by atoms with E-state index in [1.54, 1.807) is 0 Å². The van der Waals surface area contributed by atoms with Crippen molar-refractivity contribution in [2.75, 3.05) is 0 Å². The maximum absolute atomic E-state index is 5.98. The normalized spacial score (nSPS) is 33.8. The minimum Gasteiger partial charge on any atom is -0.126 e. The van der Waals surface area contributed by atoms with Gasteiger partial charge in [0, 0.05) is 0 Å². The number of hydrogen-bond acceptors (Lipinski definition) is 0. The zero-order chi connectivity index (χ0) is 8.48. The molecule has 1 rings (SSSR count). The minimum atomic E-state index is -2.40. The first kappa shape index (κ1) is 10.2. The van der Waals surface area contributed by atoms with E-state index >= 15 is 0 Å². The highest BCUT2D eigenvalue weighted by Crippen LogP contribution is 2.46. The fourth-order valence-electron chi connectivity index (χ4n) is 1.80. The van der Waals surface area contributed by atoms with Crippen molar-refractivity contribution >= 4 is 39.2 Å². The van der Waals surface area contributed by atoms with E-state index in [2.05, 4.69) is 6.92 Å². The van der Waals surface area contributed by atoms with E-state index in [1.165, 1.54) is 19.3 Å². The van der Waals surface area contributed by atoms with Crippen molar-refractivity contribution in [3.63, 3.8) is 0 Å². The van der Waals surface area contributed by atoms with Crippen molar-refractivity contribution < 1.29 is 0 Å². The zero-order valence-electron chi connectivity index (χ0n) is 6.62. The van der Waals surface area contributed by atoms with E-state index in [9.17, 15) is 0 Å². The average Bonchev–Trinajstić information content (AvgIpc) is 1.86. The van der Waals surface area contributed by atoms with Gasteiger partial charge >= 0.3 is 6.00 Å². The summed E-state index contributed by atoms with van der Waals surface area (Å²) in [6.45, 7) is 2.21. The third-order valence-corrected chi connectivity index (χ3v) is 6.75. The standard InChI is InChI=1S/C7H13Cl3Si/c1-6-4-2-3-5-7(6)11(8,9)10/h6-7H,2-5H2,1H3. The molecule has 66 valence electrons. The molecule has 2 atom stereocenters. The number of hydrogen-bond donors (Lipinski definition) is 0. The second kappa shape index (κ2) is 3.86. The predicted octanol–water partition coefficient (Wildman–Crippen LogP) is 4.22. The Kier molecular flexibility index (Phi) is 3.57. The highest BCUT2D eigenvalue weighted by molar-refractivity contribution is 7.65. The lowest BCUT2D eigenvalue weighted by atomic mass is 9.90. The lowest BCUT2D eigenvalue weighted by Gasteiger charge is -2.32. The van der Waals surface area contributed by atoms with Crippen LogP contribution in [0.25, 0.3) is 0 Å². The molecule has 0 aliphatic heterocycles. The molecular weight excluding hydrogens is 219 g/mol. The molecule has 11 heavy (non-hydrogen) atoms. The average molecular weight is 232 g/mol. The van der Waals surface area contributed by atoms with Gasteiger partial charge in [0.1, 0.15) is 0 Å². The smallest absolute Gasteiger partial charge is 0.126 e. The molecular formula is C7H13Cl3Si. The van der Waals surface area contributed by atoms with Crippen LogP contribution in [0, 0.1) is 5.92 Å². The van der Waals surface area contributed by atoms with Gasteiger partial charge in [0.15, 0.2) is 0 Å². The van der Waals surface area contributed by atoms with Gasteiger partial charge in [0.05, 0.1) is 0 Å². The Morgan fingerprint density at radius 3 is 2.00 bits per heavy atom. The van der Waals surface area contributed by atoms with E-state index in [0.717, 1.165) is 6.42 Å². The summed E-state index contributed by atoms with van der Waals surface area (Å²) in [7, 11) is 0. The zero-order valence-corrected chi connectivity index (χ0v) is 9.88. The summed E-state index contributed by atoms with van der Waals surface area (Å²) in [6, 6.07) is -2.40. The van der Waals surface area contributed by atoms with Crippen LogP contribution >= 0.6 is 33.2 Å². The van der Waals surface area contributed by atoms with Crippen LogP contribution in [0.1, 0.15) is 32.6 Å². The van der Waals surface area contributed by atoms with E-state index in [0.29, 0.717) is 11.5 Å².